The van der Waals surface area contributed by atoms with E-state index < -0.39 is 0 Å². The van der Waals surface area contributed by atoms with Gasteiger partial charge in [-0.3, -0.25) is 9.59 Å². The number of carbonyl (C=O) groups is 1. The first-order valence-corrected chi connectivity index (χ1v) is 7.24. The van der Waals surface area contributed by atoms with Crippen molar-refractivity contribution in [1.82, 2.24) is 15.1 Å². The van der Waals surface area contributed by atoms with Gasteiger partial charge in [0, 0.05) is 25.4 Å². The van der Waals surface area contributed by atoms with Crippen LogP contribution in [-0.2, 0) is 6.54 Å². The summed E-state index contributed by atoms with van der Waals surface area (Å²) >= 11 is 0. The minimum Gasteiger partial charge on any atom is -0.493 e. The Kier molecular flexibility index (Phi) is 5.71. The van der Waals surface area contributed by atoms with E-state index in [9.17, 15) is 9.59 Å². The van der Waals surface area contributed by atoms with Crippen LogP contribution in [0, 0.1) is 0 Å². The van der Waals surface area contributed by atoms with Gasteiger partial charge in [-0.15, -0.1) is 0 Å². The molecule has 0 fully saturated rings. The number of ether oxygens (including phenoxy) is 1. The SMILES string of the molecule is CCOc1ccccc1C(=O)NCCCn1ncccc1=O. The van der Waals surface area contributed by atoms with Gasteiger partial charge in [-0.25, -0.2) is 4.68 Å². The van der Waals surface area contributed by atoms with Crippen molar-refractivity contribution in [3.8, 4) is 5.75 Å². The molecule has 6 heteroatoms. The molecule has 0 aliphatic rings. The number of hydrogen-bond acceptors (Lipinski definition) is 4. The second-order valence-corrected chi connectivity index (χ2v) is 4.62. The molecular formula is C16H19N3O3. The summed E-state index contributed by atoms with van der Waals surface area (Å²) in [7, 11) is 0. The molecule has 0 radical (unpaired) electrons. The van der Waals surface area contributed by atoms with E-state index >= 15 is 0 Å². The maximum atomic E-state index is 12.1. The normalized spacial score (nSPS) is 10.2. The quantitative estimate of drug-likeness (QED) is 0.786. The third-order valence-electron chi connectivity index (χ3n) is 3.05. The van der Waals surface area contributed by atoms with Crippen LogP contribution in [0.2, 0.25) is 0 Å². The summed E-state index contributed by atoms with van der Waals surface area (Å²) in [6.45, 7) is 3.31. The van der Waals surface area contributed by atoms with Crippen molar-refractivity contribution >= 4 is 5.91 Å². The van der Waals surface area contributed by atoms with Crippen LogP contribution in [0.1, 0.15) is 23.7 Å². The van der Waals surface area contributed by atoms with E-state index in [2.05, 4.69) is 10.4 Å². The molecule has 0 unspecified atom stereocenters. The molecule has 116 valence electrons. The van der Waals surface area contributed by atoms with Gasteiger partial charge < -0.3 is 10.1 Å². The number of rotatable bonds is 7. The molecule has 0 saturated heterocycles. The van der Waals surface area contributed by atoms with Gasteiger partial charge in [0.25, 0.3) is 11.5 Å². The fraction of sp³-hybridized carbons (Fsp3) is 0.312. The molecule has 1 aromatic heterocycles. The van der Waals surface area contributed by atoms with E-state index in [4.69, 9.17) is 4.74 Å². The number of benzene rings is 1. The molecule has 2 aromatic rings. The van der Waals surface area contributed by atoms with E-state index in [1.165, 1.54) is 10.7 Å². The van der Waals surface area contributed by atoms with Crippen LogP contribution in [0.3, 0.4) is 0 Å². The number of hydrogen-bond donors (Lipinski definition) is 1. The highest BCUT2D eigenvalue weighted by molar-refractivity contribution is 5.96. The van der Waals surface area contributed by atoms with Crippen LogP contribution in [0.5, 0.6) is 5.75 Å². The average molecular weight is 301 g/mol. The zero-order chi connectivity index (χ0) is 15.8. The molecule has 0 aliphatic heterocycles. The van der Waals surface area contributed by atoms with Crippen LogP contribution >= 0.6 is 0 Å². The topological polar surface area (TPSA) is 73.2 Å². The van der Waals surface area contributed by atoms with E-state index in [0.717, 1.165) is 0 Å². The third-order valence-corrected chi connectivity index (χ3v) is 3.05. The molecule has 2 rings (SSSR count). The fourth-order valence-electron chi connectivity index (χ4n) is 2.02. The molecule has 0 aliphatic carbocycles. The summed E-state index contributed by atoms with van der Waals surface area (Å²) in [6, 6.07) is 10.2. The summed E-state index contributed by atoms with van der Waals surface area (Å²) in [6.07, 6.45) is 2.19. The van der Waals surface area contributed by atoms with E-state index in [1.807, 2.05) is 13.0 Å². The van der Waals surface area contributed by atoms with Gasteiger partial charge in [0.15, 0.2) is 0 Å². The first kappa shape index (κ1) is 15.8. The predicted molar refractivity (Wildman–Crippen MR) is 83.1 cm³/mol. The highest BCUT2D eigenvalue weighted by Crippen LogP contribution is 2.17. The number of aryl methyl sites for hydroxylation is 1. The fourth-order valence-corrected chi connectivity index (χ4v) is 2.02. The molecule has 22 heavy (non-hydrogen) atoms. The van der Waals surface area contributed by atoms with Gasteiger partial charge in [-0.05, 0) is 31.5 Å². The summed E-state index contributed by atoms with van der Waals surface area (Å²) in [5, 5.41) is 6.79. The highest BCUT2D eigenvalue weighted by Gasteiger charge is 2.10. The number of nitrogens with zero attached hydrogens (tertiary/aromatic N) is 2. The van der Waals surface area contributed by atoms with Gasteiger partial charge >= 0.3 is 0 Å². The molecule has 0 spiro atoms. The van der Waals surface area contributed by atoms with Crippen LogP contribution < -0.4 is 15.6 Å². The van der Waals surface area contributed by atoms with Gasteiger partial charge in [0.1, 0.15) is 5.75 Å². The van der Waals surface area contributed by atoms with Gasteiger partial charge in [-0.1, -0.05) is 12.1 Å². The van der Waals surface area contributed by atoms with Crippen molar-refractivity contribution in [1.29, 1.82) is 0 Å². The molecular weight excluding hydrogens is 282 g/mol. The van der Waals surface area contributed by atoms with Crippen LogP contribution in [0.4, 0.5) is 0 Å². The van der Waals surface area contributed by atoms with E-state index in [1.54, 1.807) is 30.5 Å². The number of nitrogens with one attached hydrogen (secondary N) is 1. The Morgan fingerprint density at radius 1 is 1.27 bits per heavy atom. The maximum Gasteiger partial charge on any atom is 0.266 e. The van der Waals surface area contributed by atoms with E-state index in [-0.39, 0.29) is 11.5 Å². The minimum absolute atomic E-state index is 0.143. The van der Waals surface area contributed by atoms with Crippen molar-refractivity contribution < 1.29 is 9.53 Å². The molecule has 1 N–H and O–H groups in total. The van der Waals surface area contributed by atoms with Crippen LogP contribution in [0.15, 0.2) is 47.4 Å². The summed E-state index contributed by atoms with van der Waals surface area (Å²) in [5.74, 6) is 0.390. The van der Waals surface area contributed by atoms with Gasteiger partial charge in [0.2, 0.25) is 0 Å². The average Bonchev–Trinajstić information content (AvgIpc) is 2.54. The third kappa shape index (κ3) is 4.18. The van der Waals surface area contributed by atoms with Crippen molar-refractivity contribution in [2.45, 2.75) is 19.9 Å². The smallest absolute Gasteiger partial charge is 0.266 e. The first-order valence-electron chi connectivity index (χ1n) is 7.24. The Morgan fingerprint density at radius 3 is 2.86 bits per heavy atom. The Bertz CT molecular complexity index is 682. The van der Waals surface area contributed by atoms with Crippen molar-refractivity contribution in [3.63, 3.8) is 0 Å². The number of para-hydroxylation sites is 1. The zero-order valence-electron chi connectivity index (χ0n) is 12.5. The van der Waals surface area contributed by atoms with Crippen molar-refractivity contribution in [2.75, 3.05) is 13.2 Å². The summed E-state index contributed by atoms with van der Waals surface area (Å²) in [5.41, 5.74) is 0.370. The minimum atomic E-state index is -0.183. The van der Waals surface area contributed by atoms with Crippen molar-refractivity contribution in [2.24, 2.45) is 0 Å². The Hall–Kier alpha value is -2.63. The maximum absolute atomic E-state index is 12.1. The first-order chi connectivity index (χ1) is 10.7. The second kappa shape index (κ2) is 7.97. The lowest BCUT2D eigenvalue weighted by atomic mass is 10.2. The lowest BCUT2D eigenvalue weighted by Gasteiger charge is -2.10. The van der Waals surface area contributed by atoms with Gasteiger partial charge in [-0.2, -0.15) is 5.10 Å². The molecule has 6 nitrogen and oxygen atoms in total. The molecule has 0 saturated carbocycles. The van der Waals surface area contributed by atoms with Crippen molar-refractivity contribution in [3.05, 3.63) is 58.5 Å². The van der Waals surface area contributed by atoms with Crippen LogP contribution in [0.25, 0.3) is 0 Å². The van der Waals surface area contributed by atoms with Crippen LogP contribution in [-0.4, -0.2) is 28.8 Å². The number of amides is 1. The lowest BCUT2D eigenvalue weighted by molar-refractivity contribution is 0.0949. The molecule has 1 heterocycles. The number of carbonyl (C=O) groups excluding carboxylic acids is 1. The highest BCUT2D eigenvalue weighted by atomic mass is 16.5. The standard InChI is InChI=1S/C16H19N3O3/c1-2-22-14-8-4-3-7-13(14)16(21)17-10-6-12-19-15(20)9-5-11-18-19/h3-5,7-9,11H,2,6,10,12H2,1H3,(H,17,21). The second-order valence-electron chi connectivity index (χ2n) is 4.62. The zero-order valence-corrected chi connectivity index (χ0v) is 12.5. The molecule has 0 bridgehead atoms. The molecule has 1 amide bonds. The largest absolute Gasteiger partial charge is 0.493 e. The Labute approximate surface area is 128 Å². The molecule has 0 atom stereocenters. The summed E-state index contributed by atoms with van der Waals surface area (Å²) < 4.78 is 6.81. The predicted octanol–water partition coefficient (Wildman–Crippen LogP) is 1.46. The molecule has 1 aromatic carbocycles. The van der Waals surface area contributed by atoms with E-state index in [0.29, 0.717) is 37.4 Å². The lowest BCUT2D eigenvalue weighted by Crippen LogP contribution is -2.28. The Morgan fingerprint density at radius 2 is 2.09 bits per heavy atom. The monoisotopic (exact) mass is 301 g/mol. The summed E-state index contributed by atoms with van der Waals surface area (Å²) in [4.78, 5) is 23.6. The Balaban J connectivity index is 1.86. The number of aromatic nitrogens is 2. The van der Waals surface area contributed by atoms with Gasteiger partial charge in [0.05, 0.1) is 12.2 Å².